The van der Waals surface area contributed by atoms with Gasteiger partial charge in [-0.25, -0.2) is 0 Å². The van der Waals surface area contributed by atoms with Crippen LogP contribution >= 0.6 is 11.6 Å². The van der Waals surface area contributed by atoms with Crippen LogP contribution in [0.2, 0.25) is 5.02 Å². The van der Waals surface area contributed by atoms with Crippen LogP contribution in [0.3, 0.4) is 0 Å². The van der Waals surface area contributed by atoms with Gasteiger partial charge in [0.05, 0.1) is 22.4 Å². The zero-order valence-corrected chi connectivity index (χ0v) is 8.12. The largest absolute Gasteiger partial charge is 0.396 e. The van der Waals surface area contributed by atoms with Crippen molar-refractivity contribution in [1.82, 2.24) is 0 Å². The van der Waals surface area contributed by atoms with Crippen LogP contribution in [0.5, 0.6) is 0 Å². The summed E-state index contributed by atoms with van der Waals surface area (Å²) in [6, 6.07) is 4.89. The van der Waals surface area contributed by atoms with Gasteiger partial charge in [0, 0.05) is 6.54 Å². The molecule has 14 heavy (non-hydrogen) atoms. The predicted molar refractivity (Wildman–Crippen MR) is 54.6 cm³/mol. The van der Waals surface area contributed by atoms with Crippen molar-refractivity contribution in [1.29, 1.82) is 5.26 Å². The number of aliphatic hydroxyl groups is 1. The number of anilines is 1. The standard InChI is InChI=1S/C9H10ClN3O/c10-7-2-5(8(14)4-12)1-6(3-11)9(7)13/h1-2,8,14H,4,12-13H2. The molecule has 1 unspecified atom stereocenters. The lowest BCUT2D eigenvalue weighted by molar-refractivity contribution is 0.187. The first-order valence-corrected chi connectivity index (χ1v) is 4.35. The van der Waals surface area contributed by atoms with Crippen molar-refractivity contribution in [3.8, 4) is 6.07 Å². The van der Waals surface area contributed by atoms with Crippen molar-refractivity contribution in [2.45, 2.75) is 6.10 Å². The molecule has 5 heteroatoms. The Morgan fingerprint density at radius 3 is 2.71 bits per heavy atom. The fourth-order valence-corrected chi connectivity index (χ4v) is 1.29. The second-order valence-corrected chi connectivity index (χ2v) is 3.23. The summed E-state index contributed by atoms with van der Waals surface area (Å²) in [5, 5.41) is 18.4. The summed E-state index contributed by atoms with van der Waals surface area (Å²) in [6.45, 7) is 0.0745. The van der Waals surface area contributed by atoms with E-state index < -0.39 is 6.10 Å². The van der Waals surface area contributed by atoms with Crippen LogP contribution in [0.15, 0.2) is 12.1 Å². The molecule has 1 aromatic rings. The van der Waals surface area contributed by atoms with Gasteiger partial charge in [-0.3, -0.25) is 0 Å². The van der Waals surface area contributed by atoms with Crippen molar-refractivity contribution in [3.05, 3.63) is 28.3 Å². The summed E-state index contributed by atoms with van der Waals surface area (Å²) in [6.07, 6.45) is -0.819. The van der Waals surface area contributed by atoms with Gasteiger partial charge < -0.3 is 16.6 Å². The minimum absolute atomic E-state index is 0.0745. The van der Waals surface area contributed by atoms with Crippen molar-refractivity contribution in [2.24, 2.45) is 5.73 Å². The van der Waals surface area contributed by atoms with Gasteiger partial charge in [-0.2, -0.15) is 5.26 Å². The van der Waals surface area contributed by atoms with E-state index in [0.29, 0.717) is 5.56 Å². The Morgan fingerprint density at radius 1 is 1.57 bits per heavy atom. The maximum Gasteiger partial charge on any atom is 0.101 e. The fourth-order valence-electron chi connectivity index (χ4n) is 1.06. The third-order valence-corrected chi connectivity index (χ3v) is 2.19. The highest BCUT2D eigenvalue weighted by molar-refractivity contribution is 6.33. The number of nitrogens with zero attached hydrogens (tertiary/aromatic N) is 1. The van der Waals surface area contributed by atoms with E-state index in [-0.39, 0.29) is 22.8 Å². The van der Waals surface area contributed by atoms with E-state index in [0.717, 1.165) is 0 Å². The van der Waals surface area contributed by atoms with Gasteiger partial charge in [-0.1, -0.05) is 11.6 Å². The first-order valence-electron chi connectivity index (χ1n) is 3.97. The van der Waals surface area contributed by atoms with Crippen molar-refractivity contribution >= 4 is 17.3 Å². The molecule has 0 bridgehead atoms. The Bertz CT molecular complexity index is 386. The minimum Gasteiger partial charge on any atom is -0.396 e. The van der Waals surface area contributed by atoms with Crippen LogP contribution in [-0.4, -0.2) is 11.7 Å². The molecule has 5 N–H and O–H groups in total. The number of benzene rings is 1. The lowest BCUT2D eigenvalue weighted by Gasteiger charge is -2.10. The predicted octanol–water partition coefficient (Wildman–Crippen LogP) is 0.786. The zero-order valence-electron chi connectivity index (χ0n) is 7.37. The summed E-state index contributed by atoms with van der Waals surface area (Å²) >= 11 is 5.77. The normalized spacial score (nSPS) is 12.1. The number of rotatable bonds is 2. The first-order chi connectivity index (χ1) is 6.60. The van der Waals surface area contributed by atoms with Gasteiger partial charge in [0.2, 0.25) is 0 Å². The second kappa shape index (κ2) is 4.29. The summed E-state index contributed by atoms with van der Waals surface area (Å²) in [4.78, 5) is 0. The summed E-state index contributed by atoms with van der Waals surface area (Å²) in [5.41, 5.74) is 11.8. The fraction of sp³-hybridized carbons (Fsp3) is 0.222. The lowest BCUT2D eigenvalue weighted by atomic mass is 10.1. The molecule has 0 aromatic heterocycles. The molecule has 0 amide bonds. The molecular formula is C9H10ClN3O. The minimum atomic E-state index is -0.819. The van der Waals surface area contributed by atoms with E-state index in [1.807, 2.05) is 6.07 Å². The molecule has 0 spiro atoms. The van der Waals surface area contributed by atoms with E-state index in [1.54, 1.807) is 0 Å². The van der Waals surface area contributed by atoms with Gasteiger partial charge in [-0.15, -0.1) is 0 Å². The molecule has 74 valence electrons. The third kappa shape index (κ3) is 1.96. The van der Waals surface area contributed by atoms with E-state index in [2.05, 4.69) is 0 Å². The van der Waals surface area contributed by atoms with Gasteiger partial charge in [-0.05, 0) is 17.7 Å². The first kappa shape index (κ1) is 10.8. The number of aliphatic hydroxyl groups excluding tert-OH is 1. The van der Waals surface area contributed by atoms with Gasteiger partial charge in [0.1, 0.15) is 6.07 Å². The highest BCUT2D eigenvalue weighted by Gasteiger charge is 2.11. The molecule has 1 atom stereocenters. The SMILES string of the molecule is N#Cc1cc(C(O)CN)cc(Cl)c1N. The van der Waals surface area contributed by atoms with Crippen molar-refractivity contribution in [2.75, 3.05) is 12.3 Å². The van der Waals surface area contributed by atoms with Crippen molar-refractivity contribution < 1.29 is 5.11 Å². The molecule has 0 aliphatic heterocycles. The van der Waals surface area contributed by atoms with Gasteiger partial charge in [0.15, 0.2) is 0 Å². The average molecular weight is 212 g/mol. The topological polar surface area (TPSA) is 96.1 Å². The molecule has 0 aliphatic carbocycles. The molecular weight excluding hydrogens is 202 g/mol. The van der Waals surface area contributed by atoms with Crippen molar-refractivity contribution in [3.63, 3.8) is 0 Å². The molecule has 1 rings (SSSR count). The molecule has 0 aliphatic rings. The molecule has 1 aromatic carbocycles. The molecule has 0 radical (unpaired) electrons. The third-order valence-electron chi connectivity index (χ3n) is 1.88. The number of nitrogen functional groups attached to an aromatic ring is 1. The van der Waals surface area contributed by atoms with Crippen LogP contribution in [-0.2, 0) is 0 Å². The monoisotopic (exact) mass is 211 g/mol. The highest BCUT2D eigenvalue weighted by atomic mass is 35.5. The Labute approximate surface area is 86.7 Å². The van der Waals surface area contributed by atoms with Gasteiger partial charge >= 0.3 is 0 Å². The number of nitrogens with two attached hydrogens (primary N) is 2. The maximum atomic E-state index is 9.43. The second-order valence-electron chi connectivity index (χ2n) is 2.83. The number of halogens is 1. The van der Waals surface area contributed by atoms with Crippen LogP contribution in [0.25, 0.3) is 0 Å². The number of nitriles is 1. The van der Waals surface area contributed by atoms with E-state index >= 15 is 0 Å². The Morgan fingerprint density at radius 2 is 2.21 bits per heavy atom. The Balaban J connectivity index is 3.24. The van der Waals surface area contributed by atoms with E-state index in [9.17, 15) is 5.11 Å². The smallest absolute Gasteiger partial charge is 0.101 e. The molecule has 0 fully saturated rings. The number of hydrogen-bond donors (Lipinski definition) is 3. The molecule has 0 saturated carbocycles. The molecule has 0 heterocycles. The molecule has 4 nitrogen and oxygen atoms in total. The molecule has 0 saturated heterocycles. The average Bonchev–Trinajstić information content (AvgIpc) is 2.20. The van der Waals surface area contributed by atoms with E-state index in [1.165, 1.54) is 12.1 Å². The number of hydrogen-bond acceptors (Lipinski definition) is 4. The highest BCUT2D eigenvalue weighted by Crippen LogP contribution is 2.27. The Hall–Kier alpha value is -1.28. The summed E-state index contributed by atoms with van der Waals surface area (Å²) < 4.78 is 0. The van der Waals surface area contributed by atoms with Crippen LogP contribution in [0, 0.1) is 11.3 Å². The summed E-state index contributed by atoms with van der Waals surface area (Å²) in [5.74, 6) is 0. The Kier molecular flexibility index (Phi) is 3.31. The maximum absolute atomic E-state index is 9.43. The summed E-state index contributed by atoms with van der Waals surface area (Å²) in [7, 11) is 0. The van der Waals surface area contributed by atoms with Crippen LogP contribution < -0.4 is 11.5 Å². The van der Waals surface area contributed by atoms with Crippen LogP contribution in [0.1, 0.15) is 17.2 Å². The van der Waals surface area contributed by atoms with Crippen LogP contribution in [0.4, 0.5) is 5.69 Å². The van der Waals surface area contributed by atoms with E-state index in [4.69, 9.17) is 28.3 Å². The van der Waals surface area contributed by atoms with Gasteiger partial charge in [0.25, 0.3) is 0 Å². The quantitative estimate of drug-likeness (QED) is 0.630. The zero-order chi connectivity index (χ0) is 10.7. The lowest BCUT2D eigenvalue weighted by Crippen LogP contribution is -2.12.